The number of likely N-dealkylation sites (tertiary alicyclic amines) is 1. The highest BCUT2D eigenvalue weighted by Gasteiger charge is 2.43. The first-order valence-corrected chi connectivity index (χ1v) is 13.0. The number of fused-ring (bicyclic) bond motifs is 2. The van der Waals surface area contributed by atoms with Crippen molar-refractivity contribution in [3.63, 3.8) is 0 Å². The molecular formula is C27H32N4O2S. The average molecular weight is 477 g/mol. The summed E-state index contributed by atoms with van der Waals surface area (Å²) in [6, 6.07) is 9.74. The molecule has 0 saturated carbocycles. The molecule has 1 N–H and O–H groups in total. The number of rotatable bonds is 3. The van der Waals surface area contributed by atoms with E-state index in [0.29, 0.717) is 30.8 Å². The van der Waals surface area contributed by atoms with E-state index >= 15 is 0 Å². The molecule has 178 valence electrons. The lowest BCUT2D eigenvalue weighted by Gasteiger charge is -2.43. The number of piperidine rings is 1. The SMILES string of the molecule is CCNc1ccc2ccc(C(=O)N3CCC4(CC3)CC(=O)c3nc(C(C)(C)C)sc3C4)cc2n1. The number of nitrogens with one attached hydrogen (secondary N) is 1. The van der Waals surface area contributed by atoms with Crippen LogP contribution >= 0.6 is 11.3 Å². The van der Waals surface area contributed by atoms with Gasteiger partial charge in [-0.3, -0.25) is 9.59 Å². The molecule has 0 bridgehead atoms. The molecule has 3 aromatic rings. The van der Waals surface area contributed by atoms with E-state index in [9.17, 15) is 9.59 Å². The molecule has 7 heteroatoms. The summed E-state index contributed by atoms with van der Waals surface area (Å²) < 4.78 is 0. The summed E-state index contributed by atoms with van der Waals surface area (Å²) in [5.41, 5.74) is 2.09. The van der Waals surface area contributed by atoms with Crippen molar-refractivity contribution in [1.29, 1.82) is 0 Å². The molecule has 1 saturated heterocycles. The van der Waals surface area contributed by atoms with Gasteiger partial charge in [0.2, 0.25) is 0 Å². The molecule has 2 aliphatic rings. The summed E-state index contributed by atoms with van der Waals surface area (Å²) in [4.78, 5) is 38.7. The molecule has 1 aliphatic heterocycles. The third-order valence-electron chi connectivity index (χ3n) is 7.08. The Hall–Kier alpha value is -2.80. The van der Waals surface area contributed by atoms with E-state index in [-0.39, 0.29) is 22.5 Å². The van der Waals surface area contributed by atoms with Gasteiger partial charge in [0.1, 0.15) is 11.5 Å². The van der Waals surface area contributed by atoms with Crippen LogP contribution in [0.3, 0.4) is 0 Å². The van der Waals surface area contributed by atoms with Gasteiger partial charge in [0.25, 0.3) is 5.91 Å². The van der Waals surface area contributed by atoms with Crippen molar-refractivity contribution in [2.45, 2.75) is 58.8 Å². The lowest BCUT2D eigenvalue weighted by atomic mass is 9.68. The van der Waals surface area contributed by atoms with Crippen LogP contribution in [0.4, 0.5) is 5.82 Å². The molecule has 6 nitrogen and oxygen atoms in total. The van der Waals surface area contributed by atoms with Crippen LogP contribution in [0, 0.1) is 5.41 Å². The number of thiazole rings is 1. The van der Waals surface area contributed by atoms with Crippen molar-refractivity contribution in [3.8, 4) is 0 Å². The second-order valence-corrected chi connectivity index (χ2v) is 11.8. The Morgan fingerprint density at radius 1 is 1.12 bits per heavy atom. The zero-order valence-electron chi connectivity index (χ0n) is 20.4. The maximum Gasteiger partial charge on any atom is 0.253 e. The Kier molecular flexibility index (Phi) is 5.71. The molecule has 2 aromatic heterocycles. The summed E-state index contributed by atoms with van der Waals surface area (Å²) >= 11 is 1.70. The van der Waals surface area contributed by atoms with Crippen LogP contribution in [-0.4, -0.2) is 46.2 Å². The number of hydrogen-bond donors (Lipinski definition) is 1. The number of pyridine rings is 1. The zero-order chi connectivity index (χ0) is 24.1. The maximum absolute atomic E-state index is 13.3. The standard InChI is InChI=1S/C27H32N4O2S/c1-5-28-22-9-8-17-6-7-18(14-19(17)29-22)24(33)31-12-10-27(11-13-31)15-20(32)23-21(16-27)34-25(30-23)26(2,3)4/h6-9,14H,5,10-13,15-16H2,1-4H3,(H,28,29). The quantitative estimate of drug-likeness (QED) is 0.542. The van der Waals surface area contributed by atoms with Crippen molar-refractivity contribution in [2.24, 2.45) is 5.41 Å². The molecule has 1 spiro atoms. The van der Waals surface area contributed by atoms with Crippen LogP contribution in [0.5, 0.6) is 0 Å². The smallest absolute Gasteiger partial charge is 0.253 e. The van der Waals surface area contributed by atoms with Gasteiger partial charge in [0.15, 0.2) is 5.78 Å². The number of carbonyl (C=O) groups is 2. The van der Waals surface area contributed by atoms with Crippen LogP contribution in [0.25, 0.3) is 10.9 Å². The van der Waals surface area contributed by atoms with Gasteiger partial charge >= 0.3 is 0 Å². The summed E-state index contributed by atoms with van der Waals surface area (Å²) in [6.45, 7) is 10.6. The van der Waals surface area contributed by atoms with Crippen molar-refractivity contribution in [2.75, 3.05) is 25.0 Å². The number of Topliss-reactive ketones (excluding diaryl/α,β-unsaturated/α-hetero) is 1. The first-order chi connectivity index (χ1) is 16.2. The Labute approximate surface area is 204 Å². The number of anilines is 1. The molecular weight excluding hydrogens is 444 g/mol. The van der Waals surface area contributed by atoms with E-state index < -0.39 is 0 Å². The second kappa shape index (κ2) is 8.45. The van der Waals surface area contributed by atoms with Gasteiger partial charge < -0.3 is 10.2 Å². The highest BCUT2D eigenvalue weighted by molar-refractivity contribution is 7.12. The number of amides is 1. The lowest BCUT2D eigenvalue weighted by molar-refractivity contribution is 0.0522. The first kappa shape index (κ1) is 23.0. The summed E-state index contributed by atoms with van der Waals surface area (Å²) in [6.07, 6.45) is 3.14. The lowest BCUT2D eigenvalue weighted by Crippen LogP contribution is -2.46. The highest BCUT2D eigenvalue weighted by atomic mass is 32.1. The Balaban J connectivity index is 1.31. The van der Waals surface area contributed by atoms with Gasteiger partial charge in [0.05, 0.1) is 10.5 Å². The van der Waals surface area contributed by atoms with Crippen LogP contribution in [0.2, 0.25) is 0 Å². The largest absolute Gasteiger partial charge is 0.370 e. The summed E-state index contributed by atoms with van der Waals surface area (Å²) in [5, 5.41) is 5.29. The Morgan fingerprint density at radius 2 is 1.85 bits per heavy atom. The van der Waals surface area contributed by atoms with Gasteiger partial charge in [0, 0.05) is 47.3 Å². The maximum atomic E-state index is 13.3. The summed E-state index contributed by atoms with van der Waals surface area (Å²) in [5.74, 6) is 1.03. The Morgan fingerprint density at radius 3 is 2.56 bits per heavy atom. The van der Waals surface area contributed by atoms with Gasteiger partial charge in [-0.2, -0.15) is 0 Å². The number of nitrogens with zero attached hydrogens (tertiary/aromatic N) is 3. The molecule has 0 unspecified atom stereocenters. The molecule has 3 heterocycles. The third-order valence-corrected chi connectivity index (χ3v) is 8.56. The van der Waals surface area contributed by atoms with Crippen molar-refractivity contribution >= 4 is 39.7 Å². The fourth-order valence-corrected chi connectivity index (χ4v) is 6.40. The van der Waals surface area contributed by atoms with E-state index in [1.807, 2.05) is 42.2 Å². The predicted molar refractivity (Wildman–Crippen MR) is 137 cm³/mol. The monoisotopic (exact) mass is 476 g/mol. The predicted octanol–water partition coefficient (Wildman–Crippen LogP) is 5.47. The minimum absolute atomic E-state index is 0.0445. The van der Waals surface area contributed by atoms with Crippen LogP contribution in [-0.2, 0) is 11.8 Å². The average Bonchev–Trinajstić information content (AvgIpc) is 3.24. The van der Waals surface area contributed by atoms with Crippen LogP contribution in [0.15, 0.2) is 30.3 Å². The van der Waals surface area contributed by atoms with Crippen molar-refractivity contribution in [1.82, 2.24) is 14.9 Å². The number of carbonyl (C=O) groups excluding carboxylic acids is 2. The van der Waals surface area contributed by atoms with Crippen molar-refractivity contribution in [3.05, 3.63) is 51.5 Å². The number of hydrogen-bond acceptors (Lipinski definition) is 6. The van der Waals surface area contributed by atoms with Crippen LogP contribution < -0.4 is 5.32 Å². The Bertz CT molecular complexity index is 1270. The molecule has 1 fully saturated rings. The summed E-state index contributed by atoms with van der Waals surface area (Å²) in [7, 11) is 0. The van der Waals surface area contributed by atoms with Gasteiger partial charge in [-0.25, -0.2) is 9.97 Å². The van der Waals surface area contributed by atoms with E-state index in [2.05, 4.69) is 31.1 Å². The topological polar surface area (TPSA) is 75.2 Å². The van der Waals surface area contributed by atoms with E-state index in [4.69, 9.17) is 4.98 Å². The number of benzene rings is 1. The zero-order valence-corrected chi connectivity index (χ0v) is 21.2. The molecule has 34 heavy (non-hydrogen) atoms. The minimum atomic E-state index is -0.0483. The molecule has 0 radical (unpaired) electrons. The molecule has 1 amide bonds. The van der Waals surface area contributed by atoms with E-state index in [1.54, 1.807) is 11.3 Å². The van der Waals surface area contributed by atoms with E-state index in [1.165, 1.54) is 0 Å². The van der Waals surface area contributed by atoms with Crippen molar-refractivity contribution < 1.29 is 9.59 Å². The van der Waals surface area contributed by atoms with Crippen LogP contribution in [0.1, 0.15) is 77.7 Å². The molecule has 1 aromatic carbocycles. The number of ketones is 1. The van der Waals surface area contributed by atoms with E-state index in [0.717, 1.165) is 52.4 Å². The fraction of sp³-hybridized carbons (Fsp3) is 0.481. The minimum Gasteiger partial charge on any atom is -0.370 e. The second-order valence-electron chi connectivity index (χ2n) is 10.7. The van der Waals surface area contributed by atoms with Gasteiger partial charge in [-0.05, 0) is 55.9 Å². The molecule has 0 atom stereocenters. The first-order valence-electron chi connectivity index (χ1n) is 12.1. The molecule has 1 aliphatic carbocycles. The highest BCUT2D eigenvalue weighted by Crippen LogP contribution is 2.46. The van der Waals surface area contributed by atoms with Gasteiger partial charge in [-0.1, -0.05) is 26.8 Å². The molecule has 5 rings (SSSR count). The number of aromatic nitrogens is 2. The van der Waals surface area contributed by atoms with Gasteiger partial charge in [-0.15, -0.1) is 11.3 Å². The normalized spacial score (nSPS) is 17.8. The third kappa shape index (κ3) is 4.22. The fourth-order valence-electron chi connectivity index (χ4n) is 5.09.